The number of aliphatic hydroxyl groups excluding tert-OH is 1. The molecule has 2 aromatic rings. The fourth-order valence-corrected chi connectivity index (χ4v) is 2.38. The number of hydrogen-bond donors (Lipinski definition) is 1. The molecule has 2 atom stereocenters. The van der Waals surface area contributed by atoms with Crippen LogP contribution in [0.15, 0.2) is 53.1 Å². The Morgan fingerprint density at radius 2 is 2.09 bits per heavy atom. The molecule has 3 rings (SSSR count). The number of benzene rings is 1. The third-order valence-corrected chi connectivity index (χ3v) is 3.51. The van der Waals surface area contributed by atoms with Gasteiger partial charge in [0, 0.05) is 0 Å². The zero-order valence-electron chi connectivity index (χ0n) is 11.9. The van der Waals surface area contributed by atoms with Gasteiger partial charge in [-0.05, 0) is 17.7 Å². The second-order valence-corrected chi connectivity index (χ2v) is 4.98. The first-order valence-electron chi connectivity index (χ1n) is 7.04. The van der Waals surface area contributed by atoms with Crippen molar-refractivity contribution >= 4 is 6.09 Å². The minimum absolute atomic E-state index is 0.166. The Balaban J connectivity index is 1.70. The van der Waals surface area contributed by atoms with Crippen molar-refractivity contribution in [2.45, 2.75) is 18.9 Å². The van der Waals surface area contributed by atoms with Gasteiger partial charge in [-0.25, -0.2) is 4.79 Å². The summed E-state index contributed by atoms with van der Waals surface area (Å²) in [6.45, 7) is 0.207. The molecule has 6 heteroatoms. The summed E-state index contributed by atoms with van der Waals surface area (Å²) in [7, 11) is 0. The van der Waals surface area contributed by atoms with Gasteiger partial charge in [-0.15, -0.1) is 0 Å². The predicted molar refractivity (Wildman–Crippen MR) is 76.7 cm³/mol. The molecular weight excluding hydrogens is 286 g/mol. The highest BCUT2D eigenvalue weighted by molar-refractivity contribution is 5.69. The van der Waals surface area contributed by atoms with E-state index in [1.165, 1.54) is 11.2 Å². The largest absolute Gasteiger partial charge is 0.465 e. The van der Waals surface area contributed by atoms with E-state index in [1.54, 1.807) is 12.1 Å². The summed E-state index contributed by atoms with van der Waals surface area (Å²) in [6, 6.07) is 12.4. The Kier molecular flexibility index (Phi) is 4.41. The molecule has 0 spiro atoms. The molecule has 1 N–H and O–H groups in total. The molecule has 0 saturated carbocycles. The first-order valence-corrected chi connectivity index (χ1v) is 7.04. The minimum Gasteiger partial charge on any atom is -0.465 e. The van der Waals surface area contributed by atoms with Crippen molar-refractivity contribution in [2.75, 3.05) is 13.2 Å². The molecule has 0 bridgehead atoms. The first-order chi connectivity index (χ1) is 10.8. The third kappa shape index (κ3) is 2.98. The molecule has 0 unspecified atom stereocenters. The number of carbonyl (C=O) groups is 1. The van der Waals surface area contributed by atoms with Crippen molar-refractivity contribution in [1.82, 2.24) is 4.90 Å². The summed E-state index contributed by atoms with van der Waals surface area (Å²) in [5, 5.41) is 9.43. The van der Waals surface area contributed by atoms with Crippen LogP contribution in [-0.2, 0) is 16.1 Å². The monoisotopic (exact) mass is 303 g/mol. The Bertz CT molecular complexity index is 598. The highest BCUT2D eigenvalue weighted by Gasteiger charge is 2.41. The second kappa shape index (κ2) is 6.64. The van der Waals surface area contributed by atoms with E-state index in [0.29, 0.717) is 5.76 Å². The summed E-state index contributed by atoms with van der Waals surface area (Å²) in [6.07, 6.45) is 0.301. The van der Waals surface area contributed by atoms with Crippen LogP contribution >= 0.6 is 0 Å². The molecule has 1 amide bonds. The molecule has 1 aromatic heterocycles. The number of aliphatic hydroxyl groups is 1. The van der Waals surface area contributed by atoms with Gasteiger partial charge in [-0.3, -0.25) is 4.90 Å². The van der Waals surface area contributed by atoms with Crippen LogP contribution in [0, 0.1) is 0 Å². The maximum Gasteiger partial charge on any atom is 0.412 e. The van der Waals surface area contributed by atoms with Crippen molar-refractivity contribution in [1.29, 1.82) is 0 Å². The molecule has 1 aliphatic heterocycles. The highest BCUT2D eigenvalue weighted by Crippen LogP contribution is 2.31. The molecule has 116 valence electrons. The van der Waals surface area contributed by atoms with Crippen LogP contribution < -0.4 is 0 Å². The topological polar surface area (TPSA) is 72.1 Å². The zero-order chi connectivity index (χ0) is 15.4. The van der Waals surface area contributed by atoms with Crippen molar-refractivity contribution in [3.63, 3.8) is 0 Å². The van der Waals surface area contributed by atoms with Gasteiger partial charge in [0.2, 0.25) is 0 Å². The van der Waals surface area contributed by atoms with E-state index in [4.69, 9.17) is 13.9 Å². The molecule has 0 radical (unpaired) electrons. The third-order valence-electron chi connectivity index (χ3n) is 3.51. The standard InChI is InChI=1S/C16H17NO5/c18-9-13-11-21-15(14-7-4-8-20-14)17(13)16(19)22-10-12-5-2-1-3-6-12/h1-8,13,15,18H,9-11H2/t13-,15+/m0/s1. The lowest BCUT2D eigenvalue weighted by atomic mass is 10.2. The van der Waals surface area contributed by atoms with Crippen LogP contribution in [-0.4, -0.2) is 35.4 Å². The van der Waals surface area contributed by atoms with E-state index in [9.17, 15) is 9.90 Å². The van der Waals surface area contributed by atoms with Crippen molar-refractivity contribution in [3.8, 4) is 0 Å². The summed E-state index contributed by atoms with van der Waals surface area (Å²) < 4.78 is 16.2. The van der Waals surface area contributed by atoms with Gasteiger partial charge in [0.1, 0.15) is 6.61 Å². The lowest BCUT2D eigenvalue weighted by molar-refractivity contribution is 0.00253. The fourth-order valence-electron chi connectivity index (χ4n) is 2.38. The zero-order valence-corrected chi connectivity index (χ0v) is 11.9. The quantitative estimate of drug-likeness (QED) is 0.938. The summed E-state index contributed by atoms with van der Waals surface area (Å²) in [4.78, 5) is 13.7. The molecule has 2 heterocycles. The Hall–Kier alpha value is -2.31. The van der Waals surface area contributed by atoms with Gasteiger partial charge in [0.25, 0.3) is 0 Å². The summed E-state index contributed by atoms with van der Waals surface area (Å²) >= 11 is 0. The molecule has 22 heavy (non-hydrogen) atoms. The number of furan rings is 1. The number of amides is 1. The average molecular weight is 303 g/mol. The fraction of sp³-hybridized carbons (Fsp3) is 0.312. The lowest BCUT2D eigenvalue weighted by Crippen LogP contribution is -2.40. The molecule has 1 aliphatic rings. The summed E-state index contributed by atoms with van der Waals surface area (Å²) in [5.41, 5.74) is 0.895. The molecule has 6 nitrogen and oxygen atoms in total. The van der Waals surface area contributed by atoms with Crippen LogP contribution in [0.2, 0.25) is 0 Å². The SMILES string of the molecule is O=C(OCc1ccccc1)N1[C@@H](CO)CO[C@@H]1c1ccco1. The minimum atomic E-state index is -0.671. The molecule has 0 aliphatic carbocycles. The Morgan fingerprint density at radius 1 is 1.27 bits per heavy atom. The lowest BCUT2D eigenvalue weighted by Gasteiger charge is -2.25. The smallest absolute Gasteiger partial charge is 0.412 e. The normalized spacial score (nSPS) is 21.0. The van der Waals surface area contributed by atoms with Gasteiger partial charge in [0.15, 0.2) is 12.0 Å². The number of ether oxygens (including phenoxy) is 2. The van der Waals surface area contributed by atoms with Crippen LogP contribution in [0.25, 0.3) is 0 Å². The summed E-state index contributed by atoms with van der Waals surface area (Å²) in [5.74, 6) is 0.507. The van der Waals surface area contributed by atoms with Crippen molar-refractivity contribution < 1.29 is 23.8 Å². The molecule has 1 aromatic carbocycles. The Labute approximate surface area is 127 Å². The maximum absolute atomic E-state index is 12.4. The van der Waals surface area contributed by atoms with E-state index in [-0.39, 0.29) is 19.8 Å². The predicted octanol–water partition coefficient (Wildman–Crippen LogP) is 2.31. The average Bonchev–Trinajstić information content (AvgIpc) is 3.22. The van der Waals surface area contributed by atoms with Crippen molar-refractivity contribution in [2.24, 2.45) is 0 Å². The van der Waals surface area contributed by atoms with Crippen molar-refractivity contribution in [3.05, 3.63) is 60.1 Å². The molecule has 1 saturated heterocycles. The second-order valence-electron chi connectivity index (χ2n) is 4.98. The van der Waals surface area contributed by atoms with Crippen LogP contribution in [0.5, 0.6) is 0 Å². The van der Waals surface area contributed by atoms with E-state index >= 15 is 0 Å². The molecule has 1 fully saturated rings. The van der Waals surface area contributed by atoms with E-state index in [1.807, 2.05) is 30.3 Å². The van der Waals surface area contributed by atoms with Crippen LogP contribution in [0.1, 0.15) is 17.6 Å². The van der Waals surface area contributed by atoms with Crippen LogP contribution in [0.3, 0.4) is 0 Å². The molecular formula is C16H17NO5. The number of carbonyl (C=O) groups excluding carboxylic acids is 1. The maximum atomic E-state index is 12.4. The van der Waals surface area contributed by atoms with Crippen LogP contribution in [0.4, 0.5) is 4.79 Å². The van der Waals surface area contributed by atoms with Gasteiger partial charge in [-0.1, -0.05) is 30.3 Å². The number of nitrogens with zero attached hydrogens (tertiary/aromatic N) is 1. The number of hydrogen-bond acceptors (Lipinski definition) is 5. The van der Waals surface area contributed by atoms with Gasteiger partial charge >= 0.3 is 6.09 Å². The number of rotatable bonds is 4. The van der Waals surface area contributed by atoms with E-state index in [0.717, 1.165) is 5.56 Å². The van der Waals surface area contributed by atoms with Gasteiger partial charge in [-0.2, -0.15) is 0 Å². The first kappa shape index (κ1) is 14.6. The van der Waals surface area contributed by atoms with E-state index in [2.05, 4.69) is 0 Å². The van der Waals surface area contributed by atoms with Gasteiger partial charge in [0.05, 0.1) is 25.5 Å². The van der Waals surface area contributed by atoms with E-state index < -0.39 is 18.4 Å². The van der Waals surface area contributed by atoms with Gasteiger partial charge < -0.3 is 19.0 Å². The highest BCUT2D eigenvalue weighted by atomic mass is 16.6. The Morgan fingerprint density at radius 3 is 2.77 bits per heavy atom.